The van der Waals surface area contributed by atoms with Gasteiger partial charge in [-0.1, -0.05) is 0 Å². The van der Waals surface area contributed by atoms with Crippen LogP contribution in [0.15, 0.2) is 30.6 Å². The number of anilines is 1. The van der Waals surface area contributed by atoms with Crippen LogP contribution in [0, 0.1) is 10.1 Å². The zero-order chi connectivity index (χ0) is 16.0. The molecule has 0 bridgehead atoms. The van der Waals surface area contributed by atoms with Crippen molar-refractivity contribution in [3.05, 3.63) is 40.7 Å². The van der Waals surface area contributed by atoms with Crippen LogP contribution >= 0.6 is 0 Å². The first kappa shape index (κ1) is 14.4. The van der Waals surface area contributed by atoms with Gasteiger partial charge in [-0.05, 0) is 38.3 Å². The number of fused-ring (bicyclic) bond motifs is 1. The van der Waals surface area contributed by atoms with Gasteiger partial charge in [0.15, 0.2) is 0 Å². The molecule has 2 fully saturated rings. The third-order valence-electron chi connectivity index (χ3n) is 4.99. The first-order chi connectivity index (χ1) is 11.1. The van der Waals surface area contributed by atoms with E-state index in [-0.39, 0.29) is 10.6 Å². The Labute approximate surface area is 134 Å². The largest absolute Gasteiger partial charge is 0.380 e. The average molecular weight is 312 g/mol. The Morgan fingerprint density at radius 1 is 1.30 bits per heavy atom. The number of nitrogens with zero attached hydrogens (tertiary/aromatic N) is 3. The molecule has 120 valence electrons. The first-order valence-corrected chi connectivity index (χ1v) is 8.17. The van der Waals surface area contributed by atoms with E-state index in [1.165, 1.54) is 12.8 Å². The molecule has 0 radical (unpaired) electrons. The zero-order valence-corrected chi connectivity index (χ0v) is 13.1. The normalized spacial score (nSPS) is 24.9. The fourth-order valence-corrected chi connectivity index (χ4v) is 3.76. The summed E-state index contributed by atoms with van der Waals surface area (Å²) in [4.78, 5) is 17.5. The molecule has 2 heterocycles. The van der Waals surface area contributed by atoms with Crippen LogP contribution in [0.25, 0.3) is 10.8 Å². The molecule has 2 aromatic rings. The lowest BCUT2D eigenvalue weighted by Crippen LogP contribution is -2.31. The number of nitrogens with one attached hydrogen (secondary N) is 1. The fraction of sp³-hybridized carbons (Fsp3) is 0.471. The van der Waals surface area contributed by atoms with Crippen LogP contribution in [0.2, 0.25) is 0 Å². The van der Waals surface area contributed by atoms with Crippen LogP contribution in [0.1, 0.15) is 26.2 Å². The molecule has 6 heteroatoms. The van der Waals surface area contributed by atoms with E-state index in [2.05, 4.69) is 22.1 Å². The monoisotopic (exact) mass is 312 g/mol. The maximum atomic E-state index is 11.2. The predicted octanol–water partition coefficient (Wildman–Crippen LogP) is 3.18. The number of hydrogen-bond donors (Lipinski definition) is 1. The Morgan fingerprint density at radius 3 is 2.87 bits per heavy atom. The fourth-order valence-electron chi connectivity index (χ4n) is 3.76. The number of benzene rings is 1. The second-order valence-electron chi connectivity index (χ2n) is 6.66. The van der Waals surface area contributed by atoms with Gasteiger partial charge in [-0.3, -0.25) is 20.0 Å². The van der Waals surface area contributed by atoms with Crippen molar-refractivity contribution in [1.29, 1.82) is 0 Å². The third kappa shape index (κ3) is 2.63. The van der Waals surface area contributed by atoms with E-state index in [0.717, 1.165) is 30.1 Å². The quantitative estimate of drug-likeness (QED) is 0.693. The van der Waals surface area contributed by atoms with E-state index in [4.69, 9.17) is 0 Å². The van der Waals surface area contributed by atoms with Crippen molar-refractivity contribution in [2.24, 2.45) is 0 Å². The van der Waals surface area contributed by atoms with Crippen LogP contribution in [0.3, 0.4) is 0 Å². The molecule has 2 atom stereocenters. The van der Waals surface area contributed by atoms with Gasteiger partial charge in [0.2, 0.25) is 0 Å². The zero-order valence-electron chi connectivity index (χ0n) is 13.1. The lowest BCUT2D eigenvalue weighted by atomic mass is 10.1. The van der Waals surface area contributed by atoms with Crippen molar-refractivity contribution in [2.75, 3.05) is 11.9 Å². The highest BCUT2D eigenvalue weighted by atomic mass is 16.6. The molecule has 2 unspecified atom stereocenters. The molecule has 1 N–H and O–H groups in total. The molecule has 0 spiro atoms. The number of non-ortho nitro benzene ring substituents is 1. The van der Waals surface area contributed by atoms with Crippen LogP contribution < -0.4 is 5.32 Å². The molecular formula is C17H20N4O2. The minimum atomic E-state index is -0.347. The third-order valence-corrected chi connectivity index (χ3v) is 4.99. The van der Waals surface area contributed by atoms with Crippen LogP contribution in [0.4, 0.5) is 11.4 Å². The summed E-state index contributed by atoms with van der Waals surface area (Å²) in [6.45, 7) is 3.34. The van der Waals surface area contributed by atoms with E-state index < -0.39 is 0 Å². The highest BCUT2D eigenvalue weighted by Gasteiger charge is 2.38. The molecule has 1 aliphatic heterocycles. The van der Waals surface area contributed by atoms with Crippen LogP contribution in [-0.4, -0.2) is 39.5 Å². The van der Waals surface area contributed by atoms with Crippen molar-refractivity contribution in [3.63, 3.8) is 0 Å². The number of rotatable bonds is 4. The summed E-state index contributed by atoms with van der Waals surface area (Å²) >= 11 is 0. The Bertz CT molecular complexity index is 759. The van der Waals surface area contributed by atoms with Crippen molar-refractivity contribution < 1.29 is 4.92 Å². The Kier molecular flexibility index (Phi) is 3.41. The highest BCUT2D eigenvalue weighted by molar-refractivity contribution is 5.99. The minimum absolute atomic E-state index is 0.109. The number of likely N-dealkylation sites (tertiary alicyclic amines) is 1. The van der Waals surface area contributed by atoms with Gasteiger partial charge in [0.1, 0.15) is 0 Å². The van der Waals surface area contributed by atoms with Gasteiger partial charge in [-0.15, -0.1) is 0 Å². The number of pyridine rings is 1. The van der Waals surface area contributed by atoms with E-state index >= 15 is 0 Å². The average Bonchev–Trinajstić information content (AvgIpc) is 3.31. The standard InChI is InChI=1S/C17H20N4O2/c1-11-8-12(10-20(11)13-2-3-13)19-16-4-5-17(21(22)23)15-9-18-7-6-14(15)16/h4-7,9,11-13,19H,2-3,8,10H2,1H3. The lowest BCUT2D eigenvalue weighted by Gasteiger charge is -2.20. The molecule has 1 saturated carbocycles. The molecule has 1 aromatic carbocycles. The molecule has 1 aliphatic carbocycles. The summed E-state index contributed by atoms with van der Waals surface area (Å²) in [5.41, 5.74) is 1.07. The van der Waals surface area contributed by atoms with E-state index in [9.17, 15) is 10.1 Å². The second kappa shape index (κ2) is 5.45. The van der Waals surface area contributed by atoms with Crippen molar-refractivity contribution >= 4 is 22.1 Å². The summed E-state index contributed by atoms with van der Waals surface area (Å²) < 4.78 is 0. The molecule has 1 aromatic heterocycles. The van der Waals surface area contributed by atoms with Gasteiger partial charge in [0.05, 0.1) is 10.3 Å². The second-order valence-corrected chi connectivity index (χ2v) is 6.66. The van der Waals surface area contributed by atoms with E-state index in [0.29, 0.717) is 17.5 Å². The molecule has 1 saturated heterocycles. The molecule has 23 heavy (non-hydrogen) atoms. The van der Waals surface area contributed by atoms with E-state index in [1.54, 1.807) is 18.5 Å². The van der Waals surface area contributed by atoms with Gasteiger partial charge >= 0.3 is 0 Å². The van der Waals surface area contributed by atoms with E-state index in [1.807, 2.05) is 12.1 Å². The van der Waals surface area contributed by atoms with Gasteiger partial charge in [-0.25, -0.2) is 0 Å². The summed E-state index contributed by atoms with van der Waals surface area (Å²) in [6, 6.07) is 7.01. The van der Waals surface area contributed by atoms with Gasteiger partial charge in [0.25, 0.3) is 5.69 Å². The van der Waals surface area contributed by atoms with Crippen molar-refractivity contribution in [1.82, 2.24) is 9.88 Å². The number of nitro groups is 1. The Balaban J connectivity index is 1.62. The molecule has 6 nitrogen and oxygen atoms in total. The lowest BCUT2D eigenvalue weighted by molar-refractivity contribution is -0.383. The predicted molar refractivity (Wildman–Crippen MR) is 89.6 cm³/mol. The summed E-state index contributed by atoms with van der Waals surface area (Å²) in [6.07, 6.45) is 7.02. The maximum absolute atomic E-state index is 11.2. The smallest absolute Gasteiger partial charge is 0.278 e. The number of nitro benzene ring substituents is 1. The summed E-state index contributed by atoms with van der Waals surface area (Å²) in [5.74, 6) is 0. The molecule has 4 rings (SSSR count). The van der Waals surface area contributed by atoms with Gasteiger partial charge in [-0.2, -0.15) is 0 Å². The molecular weight excluding hydrogens is 292 g/mol. The highest BCUT2D eigenvalue weighted by Crippen LogP contribution is 2.36. The molecule has 2 aliphatic rings. The topological polar surface area (TPSA) is 71.3 Å². The first-order valence-electron chi connectivity index (χ1n) is 8.17. The SMILES string of the molecule is CC1CC(Nc2ccc([N+](=O)[O-])c3cnccc23)CN1C1CC1. The maximum Gasteiger partial charge on any atom is 0.278 e. The summed E-state index contributed by atoms with van der Waals surface area (Å²) in [5, 5.41) is 16.2. The minimum Gasteiger partial charge on any atom is -0.380 e. The Hall–Kier alpha value is -2.21. The van der Waals surface area contributed by atoms with Gasteiger partial charge in [0, 0.05) is 54.2 Å². The molecule has 0 amide bonds. The number of aromatic nitrogens is 1. The van der Waals surface area contributed by atoms with Gasteiger partial charge < -0.3 is 5.32 Å². The summed E-state index contributed by atoms with van der Waals surface area (Å²) in [7, 11) is 0. The van der Waals surface area contributed by atoms with Crippen molar-refractivity contribution in [2.45, 2.75) is 44.3 Å². The van der Waals surface area contributed by atoms with Crippen LogP contribution in [0.5, 0.6) is 0 Å². The Morgan fingerprint density at radius 2 is 2.13 bits per heavy atom. The van der Waals surface area contributed by atoms with Crippen LogP contribution in [-0.2, 0) is 0 Å². The van der Waals surface area contributed by atoms with Crippen molar-refractivity contribution in [3.8, 4) is 0 Å². The number of hydrogen-bond acceptors (Lipinski definition) is 5.